The van der Waals surface area contributed by atoms with Gasteiger partial charge in [0.2, 0.25) is 0 Å². The highest BCUT2D eigenvalue weighted by Gasteiger charge is 2.26. The molecule has 0 amide bonds. The van der Waals surface area contributed by atoms with Crippen LogP contribution in [0.3, 0.4) is 0 Å². The Morgan fingerprint density at radius 3 is 2.73 bits per heavy atom. The number of aromatic amines is 1. The Morgan fingerprint density at radius 2 is 2.02 bits per heavy atom. The Hall–Kier alpha value is -4.06. The number of halogens is 4. The second-order valence-corrected chi connectivity index (χ2v) is 9.42. The third kappa shape index (κ3) is 5.91. The quantitative estimate of drug-likeness (QED) is 0.156. The van der Waals surface area contributed by atoms with Gasteiger partial charge in [-0.25, -0.2) is 9.37 Å². The molecule has 1 aliphatic heterocycles. The zero-order valence-electron chi connectivity index (χ0n) is 20.8. The number of nitrogens with zero attached hydrogens (tertiary/aromatic N) is 1. The van der Waals surface area contributed by atoms with Gasteiger partial charge >= 0.3 is 6.08 Å². The highest BCUT2D eigenvalue weighted by atomic mass is 35.5. The van der Waals surface area contributed by atoms with Crippen molar-refractivity contribution in [2.45, 2.75) is 25.0 Å². The zero-order valence-corrected chi connectivity index (χ0v) is 21.6. The number of pyridine rings is 1. The number of ether oxygens (including phenoxy) is 3. The van der Waals surface area contributed by atoms with Gasteiger partial charge in [-0.15, -0.1) is 0 Å². The van der Waals surface area contributed by atoms with Crippen molar-refractivity contribution in [1.29, 1.82) is 0 Å². The first-order valence-corrected chi connectivity index (χ1v) is 12.7. The van der Waals surface area contributed by atoms with Crippen LogP contribution >= 0.6 is 11.6 Å². The van der Waals surface area contributed by atoms with E-state index in [1.807, 2.05) is 0 Å². The summed E-state index contributed by atoms with van der Waals surface area (Å²) in [5.74, 6) is -0.842. The van der Waals surface area contributed by atoms with Crippen molar-refractivity contribution in [3.05, 3.63) is 89.2 Å². The lowest BCUT2D eigenvalue weighted by Crippen LogP contribution is -2.36. The van der Waals surface area contributed by atoms with Gasteiger partial charge in [0.15, 0.2) is 29.4 Å². The molecule has 2 aromatic carbocycles. The molecule has 0 radical (unpaired) electrons. The molecule has 1 aliphatic rings. The molecule has 2 atom stereocenters. The van der Waals surface area contributed by atoms with Gasteiger partial charge in [0.05, 0.1) is 47.2 Å². The van der Waals surface area contributed by atoms with Gasteiger partial charge in [0.25, 0.3) is 0 Å². The van der Waals surface area contributed by atoms with Crippen LogP contribution in [0.2, 0.25) is 5.02 Å². The number of ketones is 1. The molecule has 3 heterocycles. The van der Waals surface area contributed by atoms with E-state index in [1.165, 1.54) is 48.8 Å². The molecule has 12 heteroatoms. The van der Waals surface area contributed by atoms with E-state index < -0.39 is 17.7 Å². The molecule has 0 bridgehead atoms. The van der Waals surface area contributed by atoms with Gasteiger partial charge in [-0.1, -0.05) is 23.7 Å². The number of hydrogen-bond donors (Lipinski definition) is 3. The van der Waals surface area contributed by atoms with Gasteiger partial charge in [0, 0.05) is 23.9 Å². The average molecular weight is 574 g/mol. The molecular formula is C28H23ClF3N3O5. The molecule has 3 N–H and O–H groups in total. The minimum Gasteiger partial charge on any atom is -0.456 e. The van der Waals surface area contributed by atoms with Crippen molar-refractivity contribution in [2.24, 2.45) is 0 Å². The van der Waals surface area contributed by atoms with Crippen LogP contribution in [0.5, 0.6) is 17.2 Å². The summed E-state index contributed by atoms with van der Waals surface area (Å²) in [6, 6.07) is 9.94. The number of anilines is 1. The van der Waals surface area contributed by atoms with Crippen LogP contribution in [0.15, 0.2) is 67.2 Å². The van der Waals surface area contributed by atoms with Crippen molar-refractivity contribution in [3.63, 3.8) is 0 Å². The summed E-state index contributed by atoms with van der Waals surface area (Å²) >= 11 is 6.45. The summed E-state index contributed by atoms with van der Waals surface area (Å²) in [5, 5.41) is 13.0. The van der Waals surface area contributed by atoms with Crippen molar-refractivity contribution in [3.8, 4) is 17.2 Å². The fourth-order valence-corrected chi connectivity index (χ4v) is 4.67. The van der Waals surface area contributed by atoms with E-state index in [0.717, 1.165) is 0 Å². The lowest BCUT2D eigenvalue weighted by molar-refractivity contribution is -0.0223. The zero-order chi connectivity index (χ0) is 28.2. The lowest BCUT2D eigenvalue weighted by Gasteiger charge is -2.29. The molecule has 5 rings (SSSR count). The molecular weight excluding hydrogens is 551 g/mol. The summed E-state index contributed by atoms with van der Waals surface area (Å²) in [5.41, 5.74) is 0.860. The number of nitrogens with one attached hydrogen (secondary N) is 2. The Kier molecular flexibility index (Phi) is 8.24. The average Bonchev–Trinajstić information content (AvgIpc) is 3.38. The van der Waals surface area contributed by atoms with Crippen LogP contribution in [0, 0.1) is 5.82 Å². The molecule has 40 heavy (non-hydrogen) atoms. The van der Waals surface area contributed by atoms with Crippen molar-refractivity contribution >= 4 is 34.1 Å². The number of aromatic nitrogens is 2. The normalized spacial score (nSPS) is 16.9. The fraction of sp³-hybridized carbons (Fsp3) is 0.214. The molecule has 0 saturated carbocycles. The molecule has 0 unspecified atom stereocenters. The van der Waals surface area contributed by atoms with Crippen molar-refractivity contribution < 1.29 is 37.3 Å². The minimum atomic E-state index is -2.05. The van der Waals surface area contributed by atoms with Gasteiger partial charge < -0.3 is 29.6 Å². The maximum absolute atomic E-state index is 14.0. The maximum atomic E-state index is 14.0. The van der Waals surface area contributed by atoms with Crippen molar-refractivity contribution in [2.75, 3.05) is 18.5 Å². The Balaban J connectivity index is 1.49. The number of benzene rings is 2. The third-order valence-corrected chi connectivity index (χ3v) is 6.67. The van der Waals surface area contributed by atoms with Crippen LogP contribution in [0.1, 0.15) is 28.8 Å². The largest absolute Gasteiger partial charge is 0.456 e. The molecule has 208 valence electrons. The molecule has 0 aliphatic carbocycles. The monoisotopic (exact) mass is 573 g/mol. The van der Waals surface area contributed by atoms with Gasteiger partial charge in [-0.3, -0.25) is 4.79 Å². The second-order valence-electron chi connectivity index (χ2n) is 9.01. The van der Waals surface area contributed by atoms with E-state index in [2.05, 4.69) is 15.3 Å². The molecule has 2 aromatic heterocycles. The molecule has 0 spiro atoms. The minimum absolute atomic E-state index is 0.000593. The van der Waals surface area contributed by atoms with Crippen LogP contribution < -0.4 is 14.8 Å². The molecule has 8 nitrogen and oxygen atoms in total. The second kappa shape index (κ2) is 12.0. The Bertz CT molecular complexity index is 1570. The number of fused-ring (bicyclic) bond motifs is 1. The molecule has 1 saturated heterocycles. The van der Waals surface area contributed by atoms with Crippen LogP contribution in [0.25, 0.3) is 11.0 Å². The summed E-state index contributed by atoms with van der Waals surface area (Å²) in [7, 11) is 0. The van der Waals surface area contributed by atoms with Gasteiger partial charge in [-0.05, 0) is 37.1 Å². The number of H-pyrrole nitrogens is 1. The predicted molar refractivity (Wildman–Crippen MR) is 142 cm³/mol. The molecule has 4 aromatic rings. The third-order valence-electron chi connectivity index (χ3n) is 6.36. The SMILES string of the molecule is O=C(c1ccc(Oc2ccccc2F)cc1Cl)c1c[nH]c2ncc(OC=C(F)F)c(N[C@@H]3CC[C@@H](CO)OC3)c12. The smallest absolute Gasteiger partial charge is 0.305 e. The number of rotatable bonds is 9. The van der Waals surface area contributed by atoms with E-state index in [4.69, 9.17) is 25.8 Å². The first-order chi connectivity index (χ1) is 19.3. The summed E-state index contributed by atoms with van der Waals surface area (Å²) in [4.78, 5) is 20.8. The van der Waals surface area contributed by atoms with Crippen molar-refractivity contribution in [1.82, 2.24) is 9.97 Å². The van der Waals surface area contributed by atoms with Crippen LogP contribution in [0.4, 0.5) is 18.9 Å². The highest BCUT2D eigenvalue weighted by Crippen LogP contribution is 2.38. The van der Waals surface area contributed by atoms with E-state index in [-0.39, 0.29) is 70.7 Å². The lowest BCUT2D eigenvalue weighted by atomic mass is 10.0. The predicted octanol–water partition coefficient (Wildman–Crippen LogP) is 6.45. The number of carbonyl (C=O) groups is 1. The Morgan fingerprint density at radius 1 is 1.20 bits per heavy atom. The summed E-state index contributed by atoms with van der Waals surface area (Å²) in [6.45, 7) is 0.132. The topological polar surface area (TPSA) is 106 Å². The number of aliphatic hydroxyl groups is 1. The molecule has 1 fully saturated rings. The number of aliphatic hydroxyl groups excluding tert-OH is 1. The van der Waals surface area contributed by atoms with Gasteiger partial charge in [0.1, 0.15) is 11.4 Å². The van der Waals surface area contributed by atoms with E-state index in [0.29, 0.717) is 23.9 Å². The first-order valence-electron chi connectivity index (χ1n) is 12.3. The van der Waals surface area contributed by atoms with Gasteiger partial charge in [-0.2, -0.15) is 8.78 Å². The number of carbonyl (C=O) groups excluding carboxylic acids is 1. The number of para-hydroxylation sites is 1. The fourth-order valence-electron chi connectivity index (χ4n) is 4.41. The highest BCUT2D eigenvalue weighted by molar-refractivity contribution is 6.36. The van der Waals surface area contributed by atoms with E-state index >= 15 is 0 Å². The van der Waals surface area contributed by atoms with Crippen LogP contribution in [-0.2, 0) is 4.74 Å². The maximum Gasteiger partial charge on any atom is 0.305 e. The summed E-state index contributed by atoms with van der Waals surface area (Å²) in [6.07, 6.45) is 1.85. The Labute approximate surface area is 231 Å². The van der Waals surface area contributed by atoms with Crippen LogP contribution in [-0.4, -0.2) is 46.2 Å². The standard InChI is InChI=1S/C28H23ClF3N3O5/c29-20-9-16(40-22-4-2-1-3-21(22)30)7-8-18(20)27(37)19-10-33-28-25(19)26(23(11-34-28)39-14-24(31)32)35-15-5-6-17(12-36)38-13-15/h1-4,7-11,14-15,17,36H,5-6,12-13H2,(H2,33,34,35)/t15-,17+/m1/s1. The van der Waals surface area contributed by atoms with E-state index in [1.54, 1.807) is 6.07 Å². The number of hydrogen-bond acceptors (Lipinski definition) is 7. The van der Waals surface area contributed by atoms with E-state index in [9.17, 15) is 23.1 Å². The first kappa shape index (κ1) is 27.5. The summed E-state index contributed by atoms with van der Waals surface area (Å²) < 4.78 is 56.1.